The van der Waals surface area contributed by atoms with Crippen molar-refractivity contribution in [2.24, 2.45) is 0 Å². The number of hydrogen-bond donors (Lipinski definition) is 2. The van der Waals surface area contributed by atoms with Crippen LogP contribution < -0.4 is 20.3 Å². The molecule has 126 valence electrons. The van der Waals surface area contributed by atoms with Crippen LogP contribution in [0.2, 0.25) is 0 Å². The maximum atomic E-state index is 12.2. The molecule has 2 N–H and O–H groups in total. The van der Waals surface area contributed by atoms with Crippen LogP contribution in [-0.2, 0) is 0 Å². The predicted molar refractivity (Wildman–Crippen MR) is 90.9 cm³/mol. The summed E-state index contributed by atoms with van der Waals surface area (Å²) in [6.45, 7) is 0. The van der Waals surface area contributed by atoms with Crippen LogP contribution >= 0.6 is 0 Å². The van der Waals surface area contributed by atoms with Crippen molar-refractivity contribution in [3.63, 3.8) is 0 Å². The Balaban J connectivity index is 1.77. The first-order valence-corrected chi connectivity index (χ1v) is 8.00. The number of methoxy groups -OCH3 is 1. The zero-order chi connectivity index (χ0) is 16.9. The fraction of sp³-hybridized carbons (Fsp3) is 0.333. The number of pyridine rings is 1. The highest BCUT2D eigenvalue weighted by atomic mass is 16.5. The highest BCUT2D eigenvalue weighted by Gasteiger charge is 2.19. The number of carbonyl (C=O) groups is 1. The molecule has 1 aliphatic carbocycles. The van der Waals surface area contributed by atoms with E-state index in [1.54, 1.807) is 31.4 Å². The van der Waals surface area contributed by atoms with Crippen molar-refractivity contribution >= 4 is 11.6 Å². The first-order valence-electron chi connectivity index (χ1n) is 8.00. The molecule has 0 atom stereocenters. The van der Waals surface area contributed by atoms with Gasteiger partial charge in [0.25, 0.3) is 5.91 Å². The van der Waals surface area contributed by atoms with Gasteiger partial charge >= 0.3 is 0 Å². The molecule has 0 aliphatic heterocycles. The van der Waals surface area contributed by atoms with Crippen molar-refractivity contribution in [3.05, 3.63) is 52.4 Å². The van der Waals surface area contributed by atoms with Gasteiger partial charge in [0, 0.05) is 29.6 Å². The molecule has 1 fully saturated rings. The van der Waals surface area contributed by atoms with Gasteiger partial charge in [-0.25, -0.2) is 0 Å². The van der Waals surface area contributed by atoms with E-state index in [2.05, 4.69) is 10.3 Å². The Morgan fingerprint density at radius 2 is 1.96 bits per heavy atom. The summed E-state index contributed by atoms with van der Waals surface area (Å²) in [7, 11) is 1.59. The fourth-order valence-corrected chi connectivity index (χ4v) is 2.82. The van der Waals surface area contributed by atoms with Gasteiger partial charge in [0.2, 0.25) is 5.56 Å². The molecule has 1 aliphatic rings. The molecule has 1 aromatic heterocycles. The summed E-state index contributed by atoms with van der Waals surface area (Å²) in [5.74, 6) is 0.905. The van der Waals surface area contributed by atoms with Crippen LogP contribution in [0.25, 0.3) is 0 Å². The standard InChI is InChI=1S/C18H20N2O4/c1-23-15-7-6-13(11-16(15)24-14-4-2-3-5-14)20-18(22)12-8-9-19-17(21)10-12/h6-11,14H,2-5H2,1H3,(H,19,21)(H,20,22). The average Bonchev–Trinajstić information content (AvgIpc) is 3.08. The molecule has 6 nitrogen and oxygen atoms in total. The van der Waals surface area contributed by atoms with E-state index in [0.29, 0.717) is 22.7 Å². The van der Waals surface area contributed by atoms with Crippen molar-refractivity contribution < 1.29 is 14.3 Å². The van der Waals surface area contributed by atoms with Gasteiger partial charge in [-0.1, -0.05) is 0 Å². The minimum atomic E-state index is -0.349. The molecule has 0 saturated heterocycles. The van der Waals surface area contributed by atoms with Crippen LogP contribution in [0.4, 0.5) is 5.69 Å². The Morgan fingerprint density at radius 1 is 1.17 bits per heavy atom. The number of aromatic amines is 1. The number of nitrogens with one attached hydrogen (secondary N) is 2. The second-order valence-electron chi connectivity index (χ2n) is 5.79. The Bertz CT molecular complexity index is 779. The lowest BCUT2D eigenvalue weighted by Gasteiger charge is -2.17. The lowest BCUT2D eigenvalue weighted by molar-refractivity contribution is 0.102. The zero-order valence-electron chi connectivity index (χ0n) is 13.5. The monoisotopic (exact) mass is 328 g/mol. The van der Waals surface area contributed by atoms with Gasteiger partial charge in [-0.2, -0.15) is 0 Å². The Hall–Kier alpha value is -2.76. The summed E-state index contributed by atoms with van der Waals surface area (Å²) in [4.78, 5) is 26.0. The van der Waals surface area contributed by atoms with E-state index in [1.807, 2.05) is 0 Å². The molecule has 6 heteroatoms. The minimum absolute atomic E-state index is 0.192. The van der Waals surface area contributed by atoms with Crippen LogP contribution in [0.3, 0.4) is 0 Å². The van der Waals surface area contributed by atoms with E-state index in [4.69, 9.17) is 9.47 Å². The van der Waals surface area contributed by atoms with Gasteiger partial charge < -0.3 is 19.8 Å². The molecule has 1 heterocycles. The van der Waals surface area contributed by atoms with Crippen molar-refractivity contribution in [1.82, 2.24) is 4.98 Å². The highest BCUT2D eigenvalue weighted by molar-refractivity contribution is 6.04. The molecule has 0 spiro atoms. The molecule has 0 unspecified atom stereocenters. The van der Waals surface area contributed by atoms with Gasteiger partial charge in [-0.15, -0.1) is 0 Å². The maximum absolute atomic E-state index is 12.2. The van der Waals surface area contributed by atoms with E-state index < -0.39 is 0 Å². The lowest BCUT2D eigenvalue weighted by atomic mass is 10.2. The number of H-pyrrole nitrogens is 1. The number of ether oxygens (including phenoxy) is 2. The Morgan fingerprint density at radius 3 is 2.67 bits per heavy atom. The largest absolute Gasteiger partial charge is 0.493 e. The van der Waals surface area contributed by atoms with Gasteiger partial charge in [0.05, 0.1) is 13.2 Å². The molecule has 1 aromatic carbocycles. The zero-order valence-corrected chi connectivity index (χ0v) is 13.5. The molecule has 3 rings (SSSR count). The van der Waals surface area contributed by atoms with Gasteiger partial charge in [-0.05, 0) is 43.9 Å². The van der Waals surface area contributed by atoms with Crippen LogP contribution in [0.1, 0.15) is 36.0 Å². The van der Waals surface area contributed by atoms with Gasteiger partial charge in [-0.3, -0.25) is 9.59 Å². The first kappa shape index (κ1) is 16.1. The van der Waals surface area contributed by atoms with Crippen LogP contribution in [0, 0.1) is 0 Å². The number of benzene rings is 1. The maximum Gasteiger partial charge on any atom is 0.255 e. The number of rotatable bonds is 5. The SMILES string of the molecule is COc1ccc(NC(=O)c2cc[nH]c(=O)c2)cc1OC1CCCC1. The first-order chi connectivity index (χ1) is 11.7. The quantitative estimate of drug-likeness (QED) is 0.884. The molecule has 1 amide bonds. The van der Waals surface area contributed by atoms with Crippen molar-refractivity contribution in [2.45, 2.75) is 31.8 Å². The molecule has 0 radical (unpaired) electrons. The number of aromatic nitrogens is 1. The van der Waals surface area contributed by atoms with E-state index in [1.165, 1.54) is 25.1 Å². The van der Waals surface area contributed by atoms with Gasteiger partial charge in [0.15, 0.2) is 11.5 Å². The summed E-state index contributed by atoms with van der Waals surface area (Å²) in [6.07, 6.45) is 6.05. The number of carbonyl (C=O) groups excluding carboxylic acids is 1. The van der Waals surface area contributed by atoms with Crippen LogP contribution in [0.15, 0.2) is 41.3 Å². The third kappa shape index (κ3) is 3.76. The van der Waals surface area contributed by atoms with E-state index in [0.717, 1.165) is 12.8 Å². The predicted octanol–water partition coefficient (Wildman–Crippen LogP) is 2.96. The van der Waals surface area contributed by atoms with Crippen molar-refractivity contribution in [1.29, 1.82) is 0 Å². The van der Waals surface area contributed by atoms with Crippen molar-refractivity contribution in [3.8, 4) is 11.5 Å². The Kier molecular flexibility index (Phi) is 4.84. The van der Waals surface area contributed by atoms with Crippen LogP contribution in [-0.4, -0.2) is 24.1 Å². The summed E-state index contributed by atoms with van der Waals surface area (Å²) in [5.41, 5.74) is 0.574. The van der Waals surface area contributed by atoms with E-state index in [9.17, 15) is 9.59 Å². The van der Waals surface area contributed by atoms with E-state index in [-0.39, 0.29) is 17.6 Å². The van der Waals surface area contributed by atoms with Crippen LogP contribution in [0.5, 0.6) is 11.5 Å². The second-order valence-corrected chi connectivity index (χ2v) is 5.79. The fourth-order valence-electron chi connectivity index (χ4n) is 2.82. The summed E-state index contributed by atoms with van der Waals surface area (Å²) >= 11 is 0. The molecule has 2 aromatic rings. The minimum Gasteiger partial charge on any atom is -0.493 e. The topological polar surface area (TPSA) is 80.4 Å². The molecular weight excluding hydrogens is 308 g/mol. The molecular formula is C18H20N2O4. The normalized spacial score (nSPS) is 14.4. The second kappa shape index (κ2) is 7.21. The third-order valence-corrected chi connectivity index (χ3v) is 4.05. The molecule has 1 saturated carbocycles. The number of anilines is 1. The average molecular weight is 328 g/mol. The molecule has 0 bridgehead atoms. The highest BCUT2D eigenvalue weighted by Crippen LogP contribution is 2.34. The summed E-state index contributed by atoms with van der Waals surface area (Å²) in [6, 6.07) is 8.07. The number of amides is 1. The third-order valence-electron chi connectivity index (χ3n) is 4.05. The molecule has 24 heavy (non-hydrogen) atoms. The number of hydrogen-bond acceptors (Lipinski definition) is 4. The lowest BCUT2D eigenvalue weighted by Crippen LogP contribution is -2.16. The summed E-state index contributed by atoms with van der Waals surface area (Å²) < 4.78 is 11.3. The van der Waals surface area contributed by atoms with Gasteiger partial charge in [0.1, 0.15) is 0 Å². The van der Waals surface area contributed by atoms with Crippen molar-refractivity contribution in [2.75, 3.05) is 12.4 Å². The Labute approximate surface area is 139 Å². The smallest absolute Gasteiger partial charge is 0.255 e. The van der Waals surface area contributed by atoms with E-state index >= 15 is 0 Å². The summed E-state index contributed by atoms with van der Waals surface area (Å²) in [5, 5.41) is 2.77.